The number of carbonyl (C=O) groups excluding carboxylic acids is 1. The molecular formula is C21H21FN4O3S. The number of rotatable bonds is 5. The number of hydrogen-bond acceptors (Lipinski definition) is 4. The zero-order valence-corrected chi connectivity index (χ0v) is 17.0. The van der Waals surface area contributed by atoms with Gasteiger partial charge in [0.15, 0.2) is 0 Å². The van der Waals surface area contributed by atoms with Gasteiger partial charge in [0.2, 0.25) is 15.9 Å². The summed E-state index contributed by atoms with van der Waals surface area (Å²) in [6.45, 7) is 0.933. The predicted molar refractivity (Wildman–Crippen MR) is 109 cm³/mol. The molecule has 1 aliphatic rings. The first kappa shape index (κ1) is 20.2. The molecule has 156 valence electrons. The lowest BCUT2D eigenvalue weighted by molar-refractivity contribution is -0.131. The molecule has 0 unspecified atom stereocenters. The van der Waals surface area contributed by atoms with Crippen molar-refractivity contribution in [3.63, 3.8) is 0 Å². The van der Waals surface area contributed by atoms with Gasteiger partial charge < -0.3 is 4.90 Å². The summed E-state index contributed by atoms with van der Waals surface area (Å²) in [6.07, 6.45) is 3.68. The molecule has 4 rings (SSSR count). The molecule has 1 saturated heterocycles. The Labute approximate surface area is 174 Å². The van der Waals surface area contributed by atoms with Gasteiger partial charge >= 0.3 is 0 Å². The van der Waals surface area contributed by atoms with Crippen LogP contribution in [0.25, 0.3) is 5.69 Å². The number of hydrogen-bond donors (Lipinski definition) is 0. The Morgan fingerprint density at radius 1 is 1.00 bits per heavy atom. The molecule has 0 N–H and O–H groups in total. The first-order chi connectivity index (χ1) is 14.4. The average Bonchev–Trinajstić information content (AvgIpc) is 3.23. The summed E-state index contributed by atoms with van der Waals surface area (Å²) in [7, 11) is -3.78. The third kappa shape index (κ3) is 4.27. The maximum absolute atomic E-state index is 13.4. The highest BCUT2D eigenvalue weighted by Crippen LogP contribution is 2.19. The maximum Gasteiger partial charge on any atom is 0.243 e. The van der Waals surface area contributed by atoms with Crippen LogP contribution in [0.15, 0.2) is 71.9 Å². The van der Waals surface area contributed by atoms with E-state index in [2.05, 4.69) is 5.10 Å². The topological polar surface area (TPSA) is 75.5 Å². The van der Waals surface area contributed by atoms with Gasteiger partial charge in [0.1, 0.15) is 5.82 Å². The molecule has 1 fully saturated rings. The van der Waals surface area contributed by atoms with Gasteiger partial charge in [-0.15, -0.1) is 0 Å². The zero-order valence-electron chi connectivity index (χ0n) is 16.2. The van der Waals surface area contributed by atoms with Crippen molar-refractivity contribution >= 4 is 15.9 Å². The zero-order chi connectivity index (χ0) is 21.1. The Kier molecular flexibility index (Phi) is 5.65. The number of nitrogens with zero attached hydrogens (tertiary/aromatic N) is 4. The molecule has 1 aliphatic heterocycles. The molecular weight excluding hydrogens is 407 g/mol. The van der Waals surface area contributed by atoms with Crippen LogP contribution >= 0.6 is 0 Å². The van der Waals surface area contributed by atoms with Crippen molar-refractivity contribution in [2.45, 2.75) is 11.3 Å². The van der Waals surface area contributed by atoms with Crippen LogP contribution in [-0.2, 0) is 21.2 Å². The predicted octanol–water partition coefficient (Wildman–Crippen LogP) is 2.09. The molecule has 2 heterocycles. The van der Waals surface area contributed by atoms with Gasteiger partial charge in [-0.1, -0.05) is 24.3 Å². The minimum absolute atomic E-state index is 0.0735. The number of para-hydroxylation sites is 1. The summed E-state index contributed by atoms with van der Waals surface area (Å²) in [5.74, 6) is -0.675. The van der Waals surface area contributed by atoms with Crippen LogP contribution in [0.3, 0.4) is 0 Å². The fourth-order valence-corrected chi connectivity index (χ4v) is 4.87. The molecule has 1 aromatic heterocycles. The van der Waals surface area contributed by atoms with E-state index in [1.54, 1.807) is 15.8 Å². The lowest BCUT2D eigenvalue weighted by atomic mass is 10.2. The summed E-state index contributed by atoms with van der Waals surface area (Å²) in [5, 5.41) is 4.30. The maximum atomic E-state index is 13.4. The van der Waals surface area contributed by atoms with E-state index >= 15 is 0 Å². The number of carbonyl (C=O) groups is 1. The number of piperazine rings is 1. The van der Waals surface area contributed by atoms with E-state index in [4.69, 9.17) is 0 Å². The van der Waals surface area contributed by atoms with E-state index in [9.17, 15) is 17.6 Å². The number of aromatic nitrogens is 2. The van der Waals surface area contributed by atoms with E-state index in [0.717, 1.165) is 17.3 Å². The molecule has 0 aliphatic carbocycles. The summed E-state index contributed by atoms with van der Waals surface area (Å²) >= 11 is 0. The summed E-state index contributed by atoms with van der Waals surface area (Å²) in [4.78, 5) is 14.2. The smallest absolute Gasteiger partial charge is 0.243 e. The van der Waals surface area contributed by atoms with E-state index in [1.165, 1.54) is 22.5 Å². The molecule has 9 heteroatoms. The molecule has 0 bridgehead atoms. The second kappa shape index (κ2) is 8.37. The van der Waals surface area contributed by atoms with Gasteiger partial charge in [-0.05, 0) is 35.9 Å². The van der Waals surface area contributed by atoms with Crippen LogP contribution < -0.4 is 0 Å². The van der Waals surface area contributed by atoms with Gasteiger partial charge in [-0.25, -0.2) is 17.5 Å². The van der Waals surface area contributed by atoms with Crippen LogP contribution in [-0.4, -0.2) is 59.5 Å². The van der Waals surface area contributed by atoms with E-state index in [-0.39, 0.29) is 30.3 Å². The molecule has 30 heavy (non-hydrogen) atoms. The Morgan fingerprint density at radius 2 is 1.73 bits per heavy atom. The van der Waals surface area contributed by atoms with Crippen LogP contribution in [0.4, 0.5) is 4.39 Å². The minimum atomic E-state index is -3.78. The minimum Gasteiger partial charge on any atom is -0.340 e. The van der Waals surface area contributed by atoms with Crippen LogP contribution in [0.2, 0.25) is 0 Å². The number of benzene rings is 2. The second-order valence-corrected chi connectivity index (χ2v) is 8.99. The van der Waals surface area contributed by atoms with E-state index in [1.807, 2.05) is 36.5 Å². The standard InChI is InChI=1S/C21H21FN4O3S/c22-18-5-4-8-20(14-18)30(28,29)25-11-9-24(10-12-25)21(27)13-17-15-23-26(16-17)19-6-2-1-3-7-19/h1-8,14-16H,9-13H2. The highest BCUT2D eigenvalue weighted by Gasteiger charge is 2.30. The van der Waals surface area contributed by atoms with Crippen LogP contribution in [0.5, 0.6) is 0 Å². The van der Waals surface area contributed by atoms with E-state index in [0.29, 0.717) is 13.1 Å². The van der Waals surface area contributed by atoms with Crippen molar-refractivity contribution in [1.29, 1.82) is 0 Å². The molecule has 0 atom stereocenters. The average molecular weight is 428 g/mol. The summed E-state index contributed by atoms with van der Waals surface area (Å²) in [6, 6.07) is 14.6. The Morgan fingerprint density at radius 3 is 2.43 bits per heavy atom. The quantitative estimate of drug-likeness (QED) is 0.624. The van der Waals surface area contributed by atoms with Gasteiger partial charge in [-0.2, -0.15) is 9.40 Å². The van der Waals surface area contributed by atoms with Crippen molar-refractivity contribution in [1.82, 2.24) is 19.0 Å². The Hall–Kier alpha value is -3.04. The third-order valence-electron chi connectivity index (χ3n) is 5.04. The SMILES string of the molecule is O=C(Cc1cnn(-c2ccccc2)c1)N1CCN(S(=O)(=O)c2cccc(F)c2)CC1. The lowest BCUT2D eigenvalue weighted by Gasteiger charge is -2.34. The van der Waals surface area contributed by atoms with E-state index < -0.39 is 15.8 Å². The molecule has 7 nitrogen and oxygen atoms in total. The van der Waals surface area contributed by atoms with Gasteiger partial charge in [0, 0.05) is 32.4 Å². The normalized spacial score (nSPS) is 15.3. The van der Waals surface area contributed by atoms with Crippen molar-refractivity contribution in [3.05, 3.63) is 78.4 Å². The second-order valence-electron chi connectivity index (χ2n) is 7.05. The van der Waals surface area contributed by atoms with Crippen LogP contribution in [0.1, 0.15) is 5.56 Å². The Balaban J connectivity index is 1.36. The molecule has 0 spiro atoms. The largest absolute Gasteiger partial charge is 0.340 e. The molecule has 1 amide bonds. The van der Waals surface area contributed by atoms with Crippen LogP contribution in [0, 0.1) is 5.82 Å². The van der Waals surface area contributed by atoms with Crippen molar-refractivity contribution in [2.75, 3.05) is 26.2 Å². The Bertz CT molecular complexity index is 1140. The molecule has 0 saturated carbocycles. The highest BCUT2D eigenvalue weighted by molar-refractivity contribution is 7.89. The fraction of sp³-hybridized carbons (Fsp3) is 0.238. The van der Waals surface area contributed by atoms with Crippen molar-refractivity contribution in [3.8, 4) is 5.69 Å². The molecule has 2 aromatic carbocycles. The first-order valence-corrected chi connectivity index (χ1v) is 11.0. The first-order valence-electron chi connectivity index (χ1n) is 9.56. The third-order valence-corrected chi connectivity index (χ3v) is 6.93. The number of amides is 1. The van der Waals surface area contributed by atoms with Gasteiger partial charge in [-0.3, -0.25) is 4.79 Å². The summed E-state index contributed by atoms with van der Waals surface area (Å²) < 4.78 is 41.8. The van der Waals surface area contributed by atoms with Gasteiger partial charge in [0.25, 0.3) is 0 Å². The highest BCUT2D eigenvalue weighted by atomic mass is 32.2. The molecule has 3 aromatic rings. The lowest BCUT2D eigenvalue weighted by Crippen LogP contribution is -2.50. The van der Waals surface area contributed by atoms with Crippen molar-refractivity contribution < 1.29 is 17.6 Å². The number of halogens is 1. The molecule has 0 radical (unpaired) electrons. The summed E-state index contributed by atoms with van der Waals surface area (Å²) in [5.41, 5.74) is 1.70. The number of sulfonamides is 1. The van der Waals surface area contributed by atoms with Crippen molar-refractivity contribution in [2.24, 2.45) is 0 Å². The monoisotopic (exact) mass is 428 g/mol. The fourth-order valence-electron chi connectivity index (χ4n) is 3.41. The van der Waals surface area contributed by atoms with Gasteiger partial charge in [0.05, 0.1) is 23.2 Å².